The normalized spacial score (nSPS) is 14.3. The summed E-state index contributed by atoms with van der Waals surface area (Å²) in [6.07, 6.45) is 88.8. The number of unbranched alkanes of at least 4 members (excludes halogenated alkanes) is 28. The molecule has 10 heteroatoms. The maximum Gasteiger partial charge on any atom is 0.306 e. The van der Waals surface area contributed by atoms with Crippen LogP contribution < -0.4 is 10.2 Å². The topological polar surface area (TPSA) is 114 Å². The first-order chi connectivity index (χ1) is 41.4. The first kappa shape index (κ1) is 81.4. The van der Waals surface area contributed by atoms with E-state index < -0.39 is 26.6 Å². The van der Waals surface area contributed by atoms with E-state index in [4.69, 9.17) is 13.8 Å². The average molecular weight is 1200 g/mol. The van der Waals surface area contributed by atoms with E-state index in [1.54, 1.807) is 0 Å². The van der Waals surface area contributed by atoms with Gasteiger partial charge in [-0.3, -0.25) is 14.2 Å². The smallest absolute Gasteiger partial charge is 0.306 e. The number of hydrogen-bond acceptors (Lipinski definition) is 7. The van der Waals surface area contributed by atoms with Crippen molar-refractivity contribution in [2.24, 2.45) is 0 Å². The predicted molar refractivity (Wildman–Crippen MR) is 367 cm³/mol. The molecule has 0 rings (SSSR count). The summed E-state index contributed by atoms with van der Waals surface area (Å²) in [5, 5.41) is 3.03. The first-order valence-electron chi connectivity index (χ1n) is 34.8. The van der Waals surface area contributed by atoms with Crippen LogP contribution in [-0.4, -0.2) is 69.4 Å². The van der Waals surface area contributed by atoms with E-state index in [9.17, 15) is 19.0 Å². The van der Waals surface area contributed by atoms with E-state index in [1.165, 1.54) is 116 Å². The summed E-state index contributed by atoms with van der Waals surface area (Å²) < 4.78 is 30.4. The van der Waals surface area contributed by atoms with Crippen LogP contribution in [0.4, 0.5) is 0 Å². The van der Waals surface area contributed by atoms with Crippen LogP contribution in [-0.2, 0) is 27.9 Å². The zero-order chi connectivity index (χ0) is 62.1. The second-order valence-corrected chi connectivity index (χ2v) is 25.7. The molecular weight excluding hydrogens is 1070 g/mol. The van der Waals surface area contributed by atoms with E-state index in [0.29, 0.717) is 17.4 Å². The summed E-state index contributed by atoms with van der Waals surface area (Å²) in [6, 6.07) is -0.911. The van der Waals surface area contributed by atoms with Gasteiger partial charge in [0.05, 0.1) is 33.8 Å². The number of phosphoric ester groups is 1. The Balaban J connectivity index is 5.20. The minimum Gasteiger partial charge on any atom is -0.756 e. The Labute approximate surface area is 524 Å². The maximum atomic E-state index is 13.6. The van der Waals surface area contributed by atoms with Crippen LogP contribution >= 0.6 is 7.82 Å². The van der Waals surface area contributed by atoms with Gasteiger partial charge < -0.3 is 28.5 Å². The second-order valence-electron chi connectivity index (χ2n) is 24.3. The molecule has 0 spiro atoms. The van der Waals surface area contributed by atoms with E-state index in [2.05, 4.69) is 135 Å². The van der Waals surface area contributed by atoms with Crippen molar-refractivity contribution in [3.8, 4) is 0 Å². The molecule has 0 fully saturated rings. The van der Waals surface area contributed by atoms with Gasteiger partial charge in [-0.2, -0.15) is 0 Å². The van der Waals surface area contributed by atoms with Gasteiger partial charge in [0.2, 0.25) is 5.91 Å². The number of nitrogens with one attached hydrogen (secondary N) is 1. The van der Waals surface area contributed by atoms with Crippen molar-refractivity contribution >= 4 is 19.7 Å². The van der Waals surface area contributed by atoms with Crippen LogP contribution in [0.2, 0.25) is 0 Å². The lowest BCUT2D eigenvalue weighted by Gasteiger charge is -2.30. The Morgan fingerprint density at radius 3 is 1.15 bits per heavy atom. The van der Waals surface area contributed by atoms with Gasteiger partial charge in [0.15, 0.2) is 0 Å². The Hall–Kier alpha value is -3.59. The van der Waals surface area contributed by atoms with Crippen LogP contribution in [0.25, 0.3) is 0 Å². The molecule has 3 atom stereocenters. The molecule has 0 heterocycles. The molecule has 0 saturated heterocycles. The number of likely N-dealkylation sites (N-methyl/N-ethyl adjacent to an activating group) is 1. The molecule has 0 aromatic carbocycles. The third-order valence-corrected chi connectivity index (χ3v) is 15.8. The van der Waals surface area contributed by atoms with Crippen LogP contribution in [0.3, 0.4) is 0 Å². The third kappa shape index (κ3) is 64.7. The largest absolute Gasteiger partial charge is 0.756 e. The zero-order valence-electron chi connectivity index (χ0n) is 55.8. The van der Waals surface area contributed by atoms with Gasteiger partial charge in [-0.15, -0.1) is 0 Å². The van der Waals surface area contributed by atoms with Crippen molar-refractivity contribution in [2.45, 2.75) is 303 Å². The number of ether oxygens (including phenoxy) is 1. The molecule has 0 saturated carbocycles. The molecule has 0 aliphatic carbocycles. The molecule has 0 aromatic heterocycles. The lowest BCUT2D eigenvalue weighted by molar-refractivity contribution is -0.870. The van der Waals surface area contributed by atoms with Crippen molar-refractivity contribution in [2.75, 3.05) is 40.9 Å². The lowest BCUT2D eigenvalue weighted by atomic mass is 10.0. The van der Waals surface area contributed by atoms with E-state index in [0.717, 1.165) is 135 Å². The van der Waals surface area contributed by atoms with Crippen molar-refractivity contribution in [1.29, 1.82) is 0 Å². The summed E-state index contributed by atoms with van der Waals surface area (Å²) in [6.45, 7) is 6.69. The standard InChI is InChI=1S/C75H131N2O7P/c1-7-10-13-16-19-22-25-28-30-32-34-36-37-38-39-41-43-45-47-50-53-56-59-62-65-68-75(79)84-73(66-63-60-57-54-51-48-27-24-21-18-15-12-9-3)72(71-83-85(80,81)82-70-69-77(4,5)6)76-74(78)67-64-61-58-55-52-49-46-44-42-40-35-33-31-29-26-23-20-17-14-11-8-2/h11,14,19-20,22-23,28-31,34-36,38-40,44,46,63,66,72-73H,7-10,12-13,15-18,21,24-27,32-33,37,41-43,45,47-62,64-65,67-71H2,1-6H3,(H-,76,78,80,81)/b14-11-,22-19-,23-20-,30-28-,31-29-,36-34-,39-38-,40-35-,46-44-,66-63+. The molecule has 0 aliphatic rings. The highest BCUT2D eigenvalue weighted by molar-refractivity contribution is 7.45. The van der Waals surface area contributed by atoms with E-state index in [-0.39, 0.29) is 31.3 Å². The molecule has 488 valence electrons. The highest BCUT2D eigenvalue weighted by atomic mass is 31.2. The number of nitrogens with zero attached hydrogens (tertiary/aromatic N) is 1. The molecule has 1 amide bonds. The Bertz CT molecular complexity index is 1870. The maximum absolute atomic E-state index is 13.6. The van der Waals surface area contributed by atoms with Gasteiger partial charge in [0.25, 0.3) is 7.82 Å². The van der Waals surface area contributed by atoms with Gasteiger partial charge in [-0.25, -0.2) is 0 Å². The fourth-order valence-corrected chi connectivity index (χ4v) is 10.3. The summed E-state index contributed by atoms with van der Waals surface area (Å²) >= 11 is 0. The van der Waals surface area contributed by atoms with Crippen molar-refractivity contribution < 1.29 is 37.3 Å². The molecule has 9 nitrogen and oxygen atoms in total. The number of quaternary nitrogens is 1. The van der Waals surface area contributed by atoms with Crippen LogP contribution in [0.15, 0.2) is 122 Å². The Kier molecular flexibility index (Phi) is 60.8. The summed E-state index contributed by atoms with van der Waals surface area (Å²) in [5.41, 5.74) is 0. The average Bonchev–Trinajstić information content (AvgIpc) is 3.50. The molecule has 0 aliphatic heterocycles. The first-order valence-corrected chi connectivity index (χ1v) is 36.3. The predicted octanol–water partition coefficient (Wildman–Crippen LogP) is 21.6. The monoisotopic (exact) mass is 1200 g/mol. The Morgan fingerprint density at radius 1 is 0.424 bits per heavy atom. The second kappa shape index (κ2) is 63.4. The number of esters is 1. The zero-order valence-corrected chi connectivity index (χ0v) is 56.7. The summed E-state index contributed by atoms with van der Waals surface area (Å²) in [4.78, 5) is 40.2. The highest BCUT2D eigenvalue weighted by Crippen LogP contribution is 2.38. The fraction of sp³-hybridized carbons (Fsp3) is 0.707. The van der Waals surface area contributed by atoms with Crippen LogP contribution in [0.5, 0.6) is 0 Å². The van der Waals surface area contributed by atoms with Gasteiger partial charge in [0.1, 0.15) is 19.3 Å². The van der Waals surface area contributed by atoms with E-state index in [1.807, 2.05) is 33.3 Å². The molecule has 3 unspecified atom stereocenters. The fourth-order valence-electron chi connectivity index (χ4n) is 9.53. The van der Waals surface area contributed by atoms with Crippen molar-refractivity contribution in [3.05, 3.63) is 122 Å². The van der Waals surface area contributed by atoms with Gasteiger partial charge in [0, 0.05) is 12.8 Å². The molecular formula is C75H131N2O7P. The van der Waals surface area contributed by atoms with Crippen molar-refractivity contribution in [1.82, 2.24) is 5.32 Å². The number of carbonyl (C=O) groups excluding carboxylic acids is 2. The number of allylic oxidation sites excluding steroid dienone is 19. The van der Waals surface area contributed by atoms with Crippen molar-refractivity contribution in [3.63, 3.8) is 0 Å². The van der Waals surface area contributed by atoms with E-state index >= 15 is 0 Å². The number of amides is 1. The summed E-state index contributed by atoms with van der Waals surface area (Å²) in [5.74, 6) is -0.572. The Morgan fingerprint density at radius 2 is 0.753 bits per heavy atom. The van der Waals surface area contributed by atoms with Crippen LogP contribution in [0, 0.1) is 0 Å². The highest BCUT2D eigenvalue weighted by Gasteiger charge is 2.27. The number of carbonyl (C=O) groups is 2. The SMILES string of the molecule is CC/C=C\C/C=C\C/C=C\C/C=C\C/C=C\CCCCCCCC(=O)NC(COP(=O)([O-])OCC[N+](C)(C)C)C(/C=C/CCCCCCCCCCCCC)OC(=O)CCCCCCCCCCC/C=C\C/C=C\C/C=C\C/C=C\CCCCC. The van der Waals surface area contributed by atoms with Gasteiger partial charge in [-0.1, -0.05) is 277 Å². The minimum atomic E-state index is -4.72. The molecule has 0 radical (unpaired) electrons. The molecule has 1 N–H and O–H groups in total. The van der Waals surface area contributed by atoms with Crippen LogP contribution in [0.1, 0.15) is 290 Å². The molecule has 0 aromatic rings. The number of rotatable bonds is 62. The molecule has 0 bridgehead atoms. The number of hydrogen-bond donors (Lipinski definition) is 1. The van der Waals surface area contributed by atoms with Gasteiger partial charge in [-0.05, 0) is 122 Å². The third-order valence-electron chi connectivity index (χ3n) is 14.9. The number of phosphoric acid groups is 1. The minimum absolute atomic E-state index is 0.0335. The quantitative estimate of drug-likeness (QED) is 0.0212. The van der Waals surface area contributed by atoms with Gasteiger partial charge >= 0.3 is 5.97 Å². The summed E-state index contributed by atoms with van der Waals surface area (Å²) in [7, 11) is 1.15. The lowest BCUT2D eigenvalue weighted by Crippen LogP contribution is -2.47. The molecule has 85 heavy (non-hydrogen) atoms.